The molecule has 10 heteroatoms. The van der Waals surface area contributed by atoms with Crippen LogP contribution in [0, 0.1) is 0 Å². The van der Waals surface area contributed by atoms with Crippen molar-refractivity contribution in [1.82, 2.24) is 15.5 Å². The molecule has 0 bridgehead atoms. The molecule has 2 rings (SSSR count). The van der Waals surface area contributed by atoms with Crippen LogP contribution in [0.3, 0.4) is 0 Å². The fourth-order valence-corrected chi connectivity index (χ4v) is 3.43. The molecule has 0 heterocycles. The van der Waals surface area contributed by atoms with Crippen LogP contribution < -0.4 is 16.4 Å². The van der Waals surface area contributed by atoms with E-state index in [2.05, 4.69) is 10.6 Å². The van der Waals surface area contributed by atoms with Crippen molar-refractivity contribution >= 4 is 23.8 Å². The number of aromatic hydroxyl groups is 1. The van der Waals surface area contributed by atoms with Crippen LogP contribution >= 0.6 is 0 Å². The van der Waals surface area contributed by atoms with Crippen LogP contribution in [0.5, 0.6) is 5.75 Å². The van der Waals surface area contributed by atoms with E-state index in [0.717, 1.165) is 0 Å². The lowest BCUT2D eigenvalue weighted by Crippen LogP contribution is -2.56. The van der Waals surface area contributed by atoms with Crippen LogP contribution in [0.25, 0.3) is 0 Å². The summed E-state index contributed by atoms with van der Waals surface area (Å²) in [6.07, 6.45) is 0.00511. The van der Waals surface area contributed by atoms with E-state index >= 15 is 0 Å². The third-order valence-electron chi connectivity index (χ3n) is 4.82. The SMILES string of the molecule is CC(C)(C)NC(=O)C(c1ccc(O)cc1)N(C(=O)C(CC(N)=O)NC(=O)OC(C)(C)C)C1CC1. The van der Waals surface area contributed by atoms with Gasteiger partial charge in [0.15, 0.2) is 0 Å². The standard InChI is InChI=1S/C24H36N4O6/c1-23(2,3)27-20(31)19(14-7-11-16(29)12-8-14)28(15-9-10-15)21(32)17(13-18(25)30)26-22(33)34-24(4,5)6/h7-8,11-12,15,17,19,29H,9-10,13H2,1-6H3,(H2,25,30)(H,26,33)(H,27,31). The van der Waals surface area contributed by atoms with E-state index < -0.39 is 53.5 Å². The first-order chi connectivity index (χ1) is 15.6. The Morgan fingerprint density at radius 3 is 2.09 bits per heavy atom. The molecule has 1 aliphatic rings. The van der Waals surface area contributed by atoms with Gasteiger partial charge in [0.1, 0.15) is 23.4 Å². The minimum Gasteiger partial charge on any atom is -0.508 e. The minimum absolute atomic E-state index is 0.0150. The van der Waals surface area contributed by atoms with Gasteiger partial charge in [-0.2, -0.15) is 0 Å². The monoisotopic (exact) mass is 476 g/mol. The molecule has 0 aromatic heterocycles. The molecule has 5 N–H and O–H groups in total. The molecule has 1 aromatic carbocycles. The van der Waals surface area contributed by atoms with Crippen molar-refractivity contribution in [2.24, 2.45) is 5.73 Å². The highest BCUT2D eigenvalue weighted by molar-refractivity contribution is 5.95. The summed E-state index contributed by atoms with van der Waals surface area (Å²) in [5.74, 6) is -1.81. The summed E-state index contributed by atoms with van der Waals surface area (Å²) in [5.41, 5.74) is 4.45. The van der Waals surface area contributed by atoms with Gasteiger partial charge in [-0.25, -0.2) is 4.79 Å². The number of primary amides is 1. The lowest BCUT2D eigenvalue weighted by Gasteiger charge is -2.36. The Labute approximate surface area is 200 Å². The van der Waals surface area contributed by atoms with Crippen molar-refractivity contribution < 1.29 is 29.0 Å². The van der Waals surface area contributed by atoms with Crippen molar-refractivity contribution in [3.63, 3.8) is 0 Å². The van der Waals surface area contributed by atoms with Gasteiger partial charge in [0.25, 0.3) is 0 Å². The maximum atomic E-state index is 13.7. The molecule has 188 valence electrons. The molecule has 1 aromatic rings. The Morgan fingerprint density at radius 2 is 1.65 bits per heavy atom. The number of ether oxygens (including phenoxy) is 1. The van der Waals surface area contributed by atoms with Gasteiger partial charge in [-0.3, -0.25) is 14.4 Å². The van der Waals surface area contributed by atoms with Gasteiger partial charge in [-0.15, -0.1) is 0 Å². The van der Waals surface area contributed by atoms with Crippen LogP contribution in [0.4, 0.5) is 4.79 Å². The number of benzene rings is 1. The van der Waals surface area contributed by atoms with Crippen molar-refractivity contribution in [3.8, 4) is 5.75 Å². The van der Waals surface area contributed by atoms with Crippen LogP contribution in [-0.4, -0.2) is 57.0 Å². The van der Waals surface area contributed by atoms with E-state index in [1.807, 2.05) is 20.8 Å². The van der Waals surface area contributed by atoms with Crippen molar-refractivity contribution in [1.29, 1.82) is 0 Å². The average Bonchev–Trinajstić information content (AvgIpc) is 3.47. The zero-order valence-corrected chi connectivity index (χ0v) is 20.7. The number of amides is 4. The van der Waals surface area contributed by atoms with Crippen LogP contribution in [0.15, 0.2) is 24.3 Å². The van der Waals surface area contributed by atoms with Crippen molar-refractivity contribution in [2.45, 2.75) is 90.1 Å². The number of hydrogen-bond acceptors (Lipinski definition) is 6. The molecule has 4 amide bonds. The number of phenolic OH excluding ortho intramolecular Hbond substituents is 1. The Hall–Kier alpha value is -3.30. The van der Waals surface area contributed by atoms with Gasteiger partial charge in [-0.1, -0.05) is 12.1 Å². The molecule has 0 aliphatic heterocycles. The molecule has 1 aliphatic carbocycles. The molecule has 1 fully saturated rings. The molecule has 10 nitrogen and oxygen atoms in total. The summed E-state index contributed by atoms with van der Waals surface area (Å²) in [4.78, 5) is 52.7. The summed E-state index contributed by atoms with van der Waals surface area (Å²) in [7, 11) is 0. The van der Waals surface area contributed by atoms with E-state index in [1.165, 1.54) is 17.0 Å². The van der Waals surface area contributed by atoms with Gasteiger partial charge >= 0.3 is 6.09 Å². The van der Waals surface area contributed by atoms with E-state index in [4.69, 9.17) is 10.5 Å². The van der Waals surface area contributed by atoms with Gasteiger partial charge in [0.2, 0.25) is 17.7 Å². The number of carbonyl (C=O) groups excluding carboxylic acids is 4. The largest absolute Gasteiger partial charge is 0.508 e. The highest BCUT2D eigenvalue weighted by Gasteiger charge is 2.44. The Bertz CT molecular complexity index is 913. The molecule has 34 heavy (non-hydrogen) atoms. The number of rotatable bonds is 8. The van der Waals surface area contributed by atoms with Gasteiger partial charge in [-0.05, 0) is 72.1 Å². The Morgan fingerprint density at radius 1 is 1.09 bits per heavy atom. The van der Waals surface area contributed by atoms with Crippen LogP contribution in [-0.2, 0) is 19.1 Å². The first-order valence-electron chi connectivity index (χ1n) is 11.3. The van der Waals surface area contributed by atoms with E-state index in [9.17, 15) is 24.3 Å². The number of alkyl carbamates (subject to hydrolysis) is 1. The molecule has 2 atom stereocenters. The van der Waals surface area contributed by atoms with E-state index in [1.54, 1.807) is 32.9 Å². The first kappa shape index (κ1) is 26.9. The maximum Gasteiger partial charge on any atom is 0.408 e. The number of nitrogens with one attached hydrogen (secondary N) is 2. The highest BCUT2D eigenvalue weighted by Crippen LogP contribution is 2.36. The number of nitrogens with zero attached hydrogens (tertiary/aromatic N) is 1. The summed E-state index contributed by atoms with van der Waals surface area (Å²) in [5, 5.41) is 15.1. The molecular formula is C24H36N4O6. The number of carbonyl (C=O) groups is 4. The summed E-state index contributed by atoms with van der Waals surface area (Å²) >= 11 is 0. The van der Waals surface area contributed by atoms with Crippen LogP contribution in [0.1, 0.15) is 72.4 Å². The first-order valence-corrected chi connectivity index (χ1v) is 11.3. The smallest absolute Gasteiger partial charge is 0.408 e. The number of nitrogens with two attached hydrogens (primary N) is 1. The fourth-order valence-electron chi connectivity index (χ4n) is 3.43. The summed E-state index contributed by atoms with van der Waals surface area (Å²) in [6, 6.07) is 3.38. The number of hydrogen-bond donors (Lipinski definition) is 4. The molecule has 2 unspecified atom stereocenters. The third-order valence-corrected chi connectivity index (χ3v) is 4.82. The van der Waals surface area contributed by atoms with E-state index in [-0.39, 0.29) is 11.8 Å². The fraction of sp³-hybridized carbons (Fsp3) is 0.583. The number of phenols is 1. The molecule has 0 radical (unpaired) electrons. The lowest BCUT2D eigenvalue weighted by molar-refractivity contribution is -0.144. The normalized spacial score (nSPS) is 15.6. The third kappa shape index (κ3) is 8.24. The zero-order chi connectivity index (χ0) is 25.8. The maximum absolute atomic E-state index is 13.7. The molecule has 1 saturated carbocycles. The predicted octanol–water partition coefficient (Wildman–Crippen LogP) is 2.11. The quantitative estimate of drug-likeness (QED) is 0.451. The van der Waals surface area contributed by atoms with Crippen LogP contribution in [0.2, 0.25) is 0 Å². The minimum atomic E-state index is -1.31. The van der Waals surface area contributed by atoms with E-state index in [0.29, 0.717) is 18.4 Å². The van der Waals surface area contributed by atoms with Gasteiger partial charge in [0, 0.05) is 11.6 Å². The van der Waals surface area contributed by atoms with Crippen molar-refractivity contribution in [2.75, 3.05) is 0 Å². The molecule has 0 saturated heterocycles. The Balaban J connectivity index is 2.45. The second-order valence-electron chi connectivity index (χ2n) is 10.6. The second-order valence-corrected chi connectivity index (χ2v) is 10.6. The predicted molar refractivity (Wildman–Crippen MR) is 126 cm³/mol. The average molecular weight is 477 g/mol. The summed E-state index contributed by atoms with van der Waals surface area (Å²) < 4.78 is 5.25. The van der Waals surface area contributed by atoms with Gasteiger partial charge < -0.3 is 31.1 Å². The molecule has 0 spiro atoms. The molecular weight excluding hydrogens is 440 g/mol. The van der Waals surface area contributed by atoms with Gasteiger partial charge in [0.05, 0.1) is 6.42 Å². The summed E-state index contributed by atoms with van der Waals surface area (Å²) in [6.45, 7) is 10.5. The van der Waals surface area contributed by atoms with Crippen molar-refractivity contribution in [3.05, 3.63) is 29.8 Å². The Kier molecular flexibility index (Phi) is 8.18. The zero-order valence-electron chi connectivity index (χ0n) is 20.7. The second kappa shape index (κ2) is 10.3. The highest BCUT2D eigenvalue weighted by atomic mass is 16.6. The lowest BCUT2D eigenvalue weighted by atomic mass is 10.00. The topological polar surface area (TPSA) is 151 Å².